The predicted molar refractivity (Wildman–Crippen MR) is 69.3 cm³/mol. The van der Waals surface area contributed by atoms with Crippen LogP contribution >= 0.6 is 0 Å². The van der Waals surface area contributed by atoms with Gasteiger partial charge in [-0.2, -0.15) is 8.42 Å². The third-order valence-corrected chi connectivity index (χ3v) is 3.74. The van der Waals surface area contributed by atoms with Gasteiger partial charge in [0.05, 0.1) is 30.9 Å². The molecule has 1 heterocycles. The average Bonchev–Trinajstić information content (AvgIpc) is 2.92. The Hall–Kier alpha value is -2.55. The lowest BCUT2D eigenvalue weighted by Gasteiger charge is -2.11. The van der Waals surface area contributed by atoms with E-state index >= 15 is 0 Å². The first kappa shape index (κ1) is 13.9. The molecule has 0 aliphatic carbocycles. The second-order valence-electron chi connectivity index (χ2n) is 3.74. The quantitative estimate of drug-likeness (QED) is 0.754. The van der Waals surface area contributed by atoms with Crippen molar-refractivity contribution in [2.24, 2.45) is 0 Å². The average molecular weight is 297 g/mol. The van der Waals surface area contributed by atoms with Gasteiger partial charge < -0.3 is 14.8 Å². The SMILES string of the molecule is COc1ccc(C(=O)O)cc1NS(=O)(=O)c1cnc[nH]1. The van der Waals surface area contributed by atoms with E-state index in [4.69, 9.17) is 9.84 Å². The molecular weight excluding hydrogens is 286 g/mol. The van der Waals surface area contributed by atoms with Gasteiger partial charge in [0.2, 0.25) is 0 Å². The van der Waals surface area contributed by atoms with Crippen LogP contribution in [0.1, 0.15) is 10.4 Å². The monoisotopic (exact) mass is 297 g/mol. The molecule has 1 aromatic heterocycles. The number of rotatable bonds is 5. The van der Waals surface area contributed by atoms with E-state index in [2.05, 4.69) is 14.7 Å². The lowest BCUT2D eigenvalue weighted by atomic mass is 10.2. The summed E-state index contributed by atoms with van der Waals surface area (Å²) in [6.45, 7) is 0. The normalized spacial score (nSPS) is 11.1. The Bertz CT molecular complexity index is 725. The number of anilines is 1. The lowest BCUT2D eigenvalue weighted by molar-refractivity contribution is 0.0697. The Balaban J connectivity index is 2.42. The summed E-state index contributed by atoms with van der Waals surface area (Å²) in [7, 11) is -2.54. The first-order valence-electron chi connectivity index (χ1n) is 5.36. The highest BCUT2D eigenvalue weighted by Gasteiger charge is 2.19. The number of aromatic amines is 1. The summed E-state index contributed by atoms with van der Waals surface area (Å²) in [5.41, 5.74) is -0.0323. The Kier molecular flexibility index (Phi) is 3.61. The van der Waals surface area contributed by atoms with Gasteiger partial charge in [0, 0.05) is 0 Å². The van der Waals surface area contributed by atoms with Gasteiger partial charge in [-0.05, 0) is 18.2 Å². The number of benzene rings is 1. The topological polar surface area (TPSA) is 121 Å². The molecule has 3 N–H and O–H groups in total. The van der Waals surface area contributed by atoms with Gasteiger partial charge in [0.1, 0.15) is 5.75 Å². The van der Waals surface area contributed by atoms with Crippen molar-refractivity contribution in [1.29, 1.82) is 0 Å². The van der Waals surface area contributed by atoms with Crippen LogP contribution in [0.5, 0.6) is 5.75 Å². The Labute approximate surface area is 114 Å². The van der Waals surface area contributed by atoms with Crippen molar-refractivity contribution in [3.05, 3.63) is 36.3 Å². The smallest absolute Gasteiger partial charge is 0.335 e. The van der Waals surface area contributed by atoms with Gasteiger partial charge in [0.25, 0.3) is 10.0 Å². The number of imidazole rings is 1. The number of aromatic nitrogens is 2. The maximum atomic E-state index is 12.0. The van der Waals surface area contributed by atoms with Gasteiger partial charge in [0.15, 0.2) is 5.03 Å². The highest BCUT2D eigenvalue weighted by Crippen LogP contribution is 2.27. The molecule has 0 unspecified atom stereocenters. The minimum Gasteiger partial charge on any atom is -0.495 e. The molecule has 0 aliphatic rings. The van der Waals surface area contributed by atoms with E-state index in [-0.39, 0.29) is 22.0 Å². The number of hydrogen-bond donors (Lipinski definition) is 3. The molecule has 20 heavy (non-hydrogen) atoms. The van der Waals surface area contributed by atoms with E-state index in [9.17, 15) is 13.2 Å². The lowest BCUT2D eigenvalue weighted by Crippen LogP contribution is -2.14. The Morgan fingerprint density at radius 3 is 2.75 bits per heavy atom. The number of carboxylic acid groups (broad SMARTS) is 1. The van der Waals surface area contributed by atoms with Crippen molar-refractivity contribution in [1.82, 2.24) is 9.97 Å². The molecule has 0 saturated heterocycles. The number of carboxylic acids is 1. The number of sulfonamides is 1. The van der Waals surface area contributed by atoms with Crippen LogP contribution in [0, 0.1) is 0 Å². The van der Waals surface area contributed by atoms with Crippen molar-refractivity contribution >= 4 is 21.7 Å². The van der Waals surface area contributed by atoms with E-state index in [0.29, 0.717) is 0 Å². The van der Waals surface area contributed by atoms with Crippen LogP contribution < -0.4 is 9.46 Å². The zero-order chi connectivity index (χ0) is 14.8. The van der Waals surface area contributed by atoms with Crippen LogP contribution in [0.4, 0.5) is 5.69 Å². The molecule has 0 radical (unpaired) electrons. The summed E-state index contributed by atoms with van der Waals surface area (Å²) in [5, 5.41) is 8.78. The molecule has 106 valence electrons. The second kappa shape index (κ2) is 5.21. The molecular formula is C11H11N3O5S. The molecule has 2 aromatic rings. The number of aromatic carboxylic acids is 1. The van der Waals surface area contributed by atoms with Crippen molar-refractivity contribution in [3.63, 3.8) is 0 Å². The summed E-state index contributed by atoms with van der Waals surface area (Å²) in [6.07, 6.45) is 2.36. The van der Waals surface area contributed by atoms with Crippen LogP contribution in [0.25, 0.3) is 0 Å². The van der Waals surface area contributed by atoms with Crippen LogP contribution in [-0.4, -0.2) is 36.6 Å². The van der Waals surface area contributed by atoms with E-state index in [1.807, 2.05) is 0 Å². The third kappa shape index (κ3) is 2.72. The minimum atomic E-state index is -3.89. The van der Waals surface area contributed by atoms with Gasteiger partial charge in [-0.3, -0.25) is 4.72 Å². The van der Waals surface area contributed by atoms with Gasteiger partial charge in [-0.15, -0.1) is 0 Å². The molecule has 2 rings (SSSR count). The molecule has 0 spiro atoms. The molecule has 8 nitrogen and oxygen atoms in total. The Morgan fingerprint density at radius 2 is 2.20 bits per heavy atom. The molecule has 0 aliphatic heterocycles. The highest BCUT2D eigenvalue weighted by atomic mass is 32.2. The predicted octanol–water partition coefficient (Wildman–Crippen LogP) is 0.917. The molecule has 9 heteroatoms. The van der Waals surface area contributed by atoms with Gasteiger partial charge in [-0.1, -0.05) is 0 Å². The largest absolute Gasteiger partial charge is 0.495 e. The summed E-state index contributed by atoms with van der Waals surface area (Å²) in [6, 6.07) is 3.86. The minimum absolute atomic E-state index is 0.0296. The van der Waals surface area contributed by atoms with Crippen molar-refractivity contribution in [2.45, 2.75) is 5.03 Å². The van der Waals surface area contributed by atoms with Crippen LogP contribution in [0.15, 0.2) is 35.7 Å². The summed E-state index contributed by atoms with van der Waals surface area (Å²) >= 11 is 0. The molecule has 0 amide bonds. The van der Waals surface area contributed by atoms with Gasteiger partial charge in [-0.25, -0.2) is 9.78 Å². The van der Waals surface area contributed by atoms with E-state index in [1.165, 1.54) is 31.6 Å². The van der Waals surface area contributed by atoms with Crippen molar-refractivity contribution < 1.29 is 23.1 Å². The van der Waals surface area contributed by atoms with E-state index in [1.54, 1.807) is 0 Å². The van der Waals surface area contributed by atoms with Gasteiger partial charge >= 0.3 is 5.97 Å². The fourth-order valence-corrected chi connectivity index (χ4v) is 2.48. The number of methoxy groups -OCH3 is 1. The standard InChI is InChI=1S/C11H11N3O5S/c1-19-9-3-2-7(11(15)16)4-8(9)14-20(17,18)10-5-12-6-13-10/h2-6,14H,1H3,(H,12,13)(H,15,16). The number of hydrogen-bond acceptors (Lipinski definition) is 5. The second-order valence-corrected chi connectivity index (χ2v) is 5.39. The van der Waals surface area contributed by atoms with E-state index < -0.39 is 16.0 Å². The number of nitrogens with one attached hydrogen (secondary N) is 2. The molecule has 0 saturated carbocycles. The zero-order valence-corrected chi connectivity index (χ0v) is 11.1. The van der Waals surface area contributed by atoms with Crippen LogP contribution in [0.2, 0.25) is 0 Å². The fraction of sp³-hybridized carbons (Fsp3) is 0.0909. The zero-order valence-electron chi connectivity index (χ0n) is 10.3. The van der Waals surface area contributed by atoms with E-state index in [0.717, 1.165) is 6.20 Å². The Morgan fingerprint density at radius 1 is 1.45 bits per heavy atom. The number of H-pyrrole nitrogens is 1. The van der Waals surface area contributed by atoms with Crippen LogP contribution in [-0.2, 0) is 10.0 Å². The molecule has 0 bridgehead atoms. The maximum absolute atomic E-state index is 12.0. The van der Waals surface area contributed by atoms with Crippen molar-refractivity contribution in [3.8, 4) is 5.75 Å². The third-order valence-electron chi connectivity index (χ3n) is 2.45. The summed E-state index contributed by atoms with van der Waals surface area (Å²) in [4.78, 5) is 17.0. The highest BCUT2D eigenvalue weighted by molar-refractivity contribution is 7.92. The number of ether oxygens (including phenoxy) is 1. The van der Waals surface area contributed by atoms with Crippen molar-refractivity contribution in [2.75, 3.05) is 11.8 Å². The first-order chi connectivity index (χ1) is 9.44. The van der Waals surface area contributed by atoms with Crippen LogP contribution in [0.3, 0.4) is 0 Å². The molecule has 0 atom stereocenters. The molecule has 0 fully saturated rings. The number of carbonyl (C=O) groups is 1. The maximum Gasteiger partial charge on any atom is 0.335 e. The summed E-state index contributed by atoms with van der Waals surface area (Å²) < 4.78 is 31.3. The fourth-order valence-electron chi connectivity index (χ4n) is 1.51. The molecule has 1 aromatic carbocycles. The first-order valence-corrected chi connectivity index (χ1v) is 6.85. The summed E-state index contributed by atoms with van der Waals surface area (Å²) in [5.74, 6) is -0.965. The number of nitrogens with zero attached hydrogens (tertiary/aromatic N) is 1.